The molecule has 4 nitrogen and oxygen atoms in total. The van der Waals surface area contributed by atoms with Crippen molar-refractivity contribution in [2.45, 2.75) is 19.4 Å². The Kier molecular flexibility index (Phi) is 6.14. The van der Waals surface area contributed by atoms with Crippen LogP contribution in [0.4, 0.5) is 0 Å². The predicted octanol–water partition coefficient (Wildman–Crippen LogP) is 2.57. The van der Waals surface area contributed by atoms with Crippen LogP contribution in [0.1, 0.15) is 18.1 Å². The van der Waals surface area contributed by atoms with Gasteiger partial charge >= 0.3 is 5.97 Å². The molecule has 0 aliphatic heterocycles. The van der Waals surface area contributed by atoms with Crippen LogP contribution in [-0.4, -0.2) is 23.0 Å². The first-order valence-corrected chi connectivity index (χ1v) is 6.52. The zero-order valence-corrected chi connectivity index (χ0v) is 12.0. The SMILES string of the molecule is C=C/C=C(\C=C)c1ccc(C[C@H](NC(C)=O)C(=O)O)cc1. The summed E-state index contributed by atoms with van der Waals surface area (Å²) in [6.45, 7) is 8.69. The van der Waals surface area contributed by atoms with Crippen LogP contribution in [-0.2, 0) is 16.0 Å². The van der Waals surface area contributed by atoms with E-state index in [2.05, 4.69) is 18.5 Å². The number of carboxylic acid groups (broad SMARTS) is 1. The highest BCUT2D eigenvalue weighted by Crippen LogP contribution is 2.17. The maximum Gasteiger partial charge on any atom is 0.326 e. The molecule has 0 aliphatic carbocycles. The van der Waals surface area contributed by atoms with E-state index in [1.807, 2.05) is 30.3 Å². The Hall–Kier alpha value is -2.62. The lowest BCUT2D eigenvalue weighted by molar-refractivity contribution is -0.141. The van der Waals surface area contributed by atoms with Crippen molar-refractivity contribution >= 4 is 17.4 Å². The van der Waals surface area contributed by atoms with E-state index in [1.54, 1.807) is 12.2 Å². The van der Waals surface area contributed by atoms with Crippen molar-refractivity contribution in [3.8, 4) is 0 Å². The fourth-order valence-electron chi connectivity index (χ4n) is 1.92. The first-order valence-electron chi connectivity index (χ1n) is 6.52. The second kappa shape index (κ2) is 7.85. The number of carbonyl (C=O) groups excluding carboxylic acids is 1. The van der Waals surface area contributed by atoms with Gasteiger partial charge in [0, 0.05) is 13.3 Å². The fraction of sp³-hybridized carbons (Fsp3) is 0.176. The molecule has 1 amide bonds. The summed E-state index contributed by atoms with van der Waals surface area (Å²) in [7, 11) is 0. The Bertz CT molecular complexity index is 570. The third-order valence-electron chi connectivity index (χ3n) is 2.92. The van der Waals surface area contributed by atoms with Gasteiger partial charge in [-0.2, -0.15) is 0 Å². The third-order valence-corrected chi connectivity index (χ3v) is 2.92. The standard InChI is InChI=1S/C17H19NO3/c1-4-6-14(5-2)15-9-7-13(8-10-15)11-16(17(20)21)18-12(3)19/h4-10,16H,1-2,11H2,3H3,(H,18,19)(H,20,21)/b14-6+/t16-/m0/s1. The molecule has 1 aromatic rings. The van der Waals surface area contributed by atoms with Crippen LogP contribution in [0.25, 0.3) is 5.57 Å². The molecule has 0 radical (unpaired) electrons. The van der Waals surface area contributed by atoms with E-state index >= 15 is 0 Å². The minimum atomic E-state index is -1.05. The van der Waals surface area contributed by atoms with Crippen LogP contribution in [0.2, 0.25) is 0 Å². The molecule has 21 heavy (non-hydrogen) atoms. The third kappa shape index (κ3) is 5.10. The van der Waals surface area contributed by atoms with Crippen molar-refractivity contribution in [3.05, 3.63) is 66.8 Å². The zero-order valence-electron chi connectivity index (χ0n) is 12.0. The molecule has 0 spiro atoms. The molecule has 0 aromatic heterocycles. The van der Waals surface area contributed by atoms with Crippen LogP contribution in [0.5, 0.6) is 0 Å². The highest BCUT2D eigenvalue weighted by atomic mass is 16.4. The van der Waals surface area contributed by atoms with E-state index in [1.165, 1.54) is 6.92 Å². The van der Waals surface area contributed by atoms with Crippen molar-refractivity contribution < 1.29 is 14.7 Å². The van der Waals surface area contributed by atoms with Crippen LogP contribution < -0.4 is 5.32 Å². The number of allylic oxidation sites excluding steroid dienone is 4. The Morgan fingerprint density at radius 3 is 2.33 bits per heavy atom. The molecule has 1 atom stereocenters. The van der Waals surface area contributed by atoms with Gasteiger partial charge in [0.15, 0.2) is 0 Å². The van der Waals surface area contributed by atoms with Crippen molar-refractivity contribution in [3.63, 3.8) is 0 Å². The lowest BCUT2D eigenvalue weighted by atomic mass is 10.0. The number of carboxylic acids is 1. The fourth-order valence-corrected chi connectivity index (χ4v) is 1.92. The molecular formula is C17H19NO3. The van der Waals surface area contributed by atoms with Gasteiger partial charge in [0.25, 0.3) is 0 Å². The van der Waals surface area contributed by atoms with E-state index in [0.717, 1.165) is 16.7 Å². The van der Waals surface area contributed by atoms with Gasteiger partial charge in [-0.3, -0.25) is 4.79 Å². The minimum Gasteiger partial charge on any atom is -0.480 e. The maximum atomic E-state index is 11.1. The topological polar surface area (TPSA) is 66.4 Å². The summed E-state index contributed by atoms with van der Waals surface area (Å²) in [4.78, 5) is 22.1. The van der Waals surface area contributed by atoms with Crippen LogP contribution >= 0.6 is 0 Å². The van der Waals surface area contributed by atoms with E-state index in [9.17, 15) is 9.59 Å². The quantitative estimate of drug-likeness (QED) is 0.757. The number of amides is 1. The van der Waals surface area contributed by atoms with Crippen LogP contribution in [0.3, 0.4) is 0 Å². The molecule has 0 aliphatic rings. The Morgan fingerprint density at radius 1 is 1.29 bits per heavy atom. The summed E-state index contributed by atoms with van der Waals surface area (Å²) in [5.41, 5.74) is 2.75. The van der Waals surface area contributed by atoms with Crippen LogP contribution in [0, 0.1) is 0 Å². The van der Waals surface area contributed by atoms with Gasteiger partial charge in [0.05, 0.1) is 0 Å². The number of carbonyl (C=O) groups is 2. The predicted molar refractivity (Wildman–Crippen MR) is 83.8 cm³/mol. The molecule has 1 rings (SSSR count). The maximum absolute atomic E-state index is 11.1. The summed E-state index contributed by atoms with van der Waals surface area (Å²) in [5.74, 6) is -1.41. The summed E-state index contributed by atoms with van der Waals surface area (Å²) >= 11 is 0. The molecule has 2 N–H and O–H groups in total. The number of hydrogen-bond donors (Lipinski definition) is 2. The second-order valence-electron chi connectivity index (χ2n) is 4.55. The lowest BCUT2D eigenvalue weighted by Gasteiger charge is -2.13. The Morgan fingerprint density at radius 2 is 1.90 bits per heavy atom. The van der Waals surface area contributed by atoms with E-state index < -0.39 is 12.0 Å². The van der Waals surface area contributed by atoms with Gasteiger partial charge in [-0.25, -0.2) is 4.79 Å². The van der Waals surface area contributed by atoms with Crippen molar-refractivity contribution in [1.29, 1.82) is 0 Å². The second-order valence-corrected chi connectivity index (χ2v) is 4.55. The van der Waals surface area contributed by atoms with Gasteiger partial charge in [-0.15, -0.1) is 0 Å². The van der Waals surface area contributed by atoms with Gasteiger partial charge in [-0.05, 0) is 16.7 Å². The van der Waals surface area contributed by atoms with Crippen molar-refractivity contribution in [1.82, 2.24) is 5.32 Å². The molecule has 0 heterocycles. The van der Waals surface area contributed by atoms with E-state index in [0.29, 0.717) is 0 Å². The first kappa shape index (κ1) is 16.4. The van der Waals surface area contributed by atoms with Gasteiger partial charge in [-0.1, -0.05) is 55.7 Å². The number of aliphatic carboxylic acids is 1. The number of hydrogen-bond acceptors (Lipinski definition) is 2. The smallest absolute Gasteiger partial charge is 0.326 e. The average molecular weight is 285 g/mol. The molecule has 110 valence electrons. The Balaban J connectivity index is 2.89. The number of rotatable bonds is 7. The summed E-state index contributed by atoms with van der Waals surface area (Å²) in [6, 6.07) is 6.54. The van der Waals surface area contributed by atoms with Crippen molar-refractivity contribution in [2.75, 3.05) is 0 Å². The van der Waals surface area contributed by atoms with Gasteiger partial charge in [0.2, 0.25) is 5.91 Å². The summed E-state index contributed by atoms with van der Waals surface area (Å²) in [6.07, 6.45) is 5.50. The highest BCUT2D eigenvalue weighted by Gasteiger charge is 2.18. The van der Waals surface area contributed by atoms with Crippen LogP contribution in [0.15, 0.2) is 55.7 Å². The van der Waals surface area contributed by atoms with Gasteiger partial charge in [0.1, 0.15) is 6.04 Å². The lowest BCUT2D eigenvalue weighted by Crippen LogP contribution is -2.41. The summed E-state index contributed by atoms with van der Waals surface area (Å²) < 4.78 is 0. The average Bonchev–Trinajstić information content (AvgIpc) is 2.44. The van der Waals surface area contributed by atoms with E-state index in [-0.39, 0.29) is 12.3 Å². The molecule has 0 fully saturated rings. The molecule has 1 aromatic carbocycles. The highest BCUT2D eigenvalue weighted by molar-refractivity contribution is 5.82. The number of nitrogens with one attached hydrogen (secondary N) is 1. The molecule has 0 saturated heterocycles. The van der Waals surface area contributed by atoms with E-state index in [4.69, 9.17) is 5.11 Å². The molecule has 0 unspecified atom stereocenters. The largest absolute Gasteiger partial charge is 0.480 e. The minimum absolute atomic E-state index is 0.240. The monoisotopic (exact) mass is 285 g/mol. The summed E-state index contributed by atoms with van der Waals surface area (Å²) in [5, 5.41) is 11.5. The molecule has 4 heteroatoms. The number of benzene rings is 1. The van der Waals surface area contributed by atoms with Gasteiger partial charge < -0.3 is 10.4 Å². The van der Waals surface area contributed by atoms with Crippen molar-refractivity contribution in [2.24, 2.45) is 0 Å². The molecular weight excluding hydrogens is 266 g/mol. The molecule has 0 saturated carbocycles. The zero-order chi connectivity index (χ0) is 15.8. The Labute approximate surface area is 124 Å². The first-order chi connectivity index (χ1) is 9.97. The molecule has 0 bridgehead atoms. The normalized spacial score (nSPS) is 12.3.